The summed E-state index contributed by atoms with van der Waals surface area (Å²) >= 11 is 0. The second kappa shape index (κ2) is 5.03. The highest BCUT2D eigenvalue weighted by Crippen LogP contribution is 2.28. The number of fused-ring (bicyclic) bond motifs is 1. The van der Waals surface area contributed by atoms with E-state index < -0.39 is 0 Å². The lowest BCUT2D eigenvalue weighted by molar-refractivity contribution is 0.159. The van der Waals surface area contributed by atoms with Gasteiger partial charge < -0.3 is 9.47 Å². The number of hydrogen-bond donors (Lipinski definition) is 0. The molecule has 1 aliphatic rings. The number of nitrogens with zero attached hydrogens (tertiary/aromatic N) is 2. The van der Waals surface area contributed by atoms with Crippen LogP contribution >= 0.6 is 0 Å². The van der Waals surface area contributed by atoms with Crippen LogP contribution in [-0.2, 0) is 11.2 Å². The Labute approximate surface area is 100 Å². The molecule has 17 heavy (non-hydrogen) atoms. The number of anilines is 1. The maximum absolute atomic E-state index is 11.8. The minimum absolute atomic E-state index is 0.305. The fraction of sp³-hybridized carbons (Fsp3) is 0.500. The molecule has 0 aliphatic carbocycles. The standard InChI is InChI=1S/C12H16N2O3/c1-3-17-12(15)14-8-4-5-9-10(14)6-7-11(13-9)16-2/h6-7H,3-5,8H2,1-2H3. The van der Waals surface area contributed by atoms with Gasteiger partial charge in [0.1, 0.15) is 0 Å². The molecule has 0 radical (unpaired) electrons. The fourth-order valence-electron chi connectivity index (χ4n) is 1.93. The highest BCUT2D eigenvalue weighted by molar-refractivity contribution is 5.88. The fourth-order valence-corrected chi connectivity index (χ4v) is 1.93. The number of amides is 1. The van der Waals surface area contributed by atoms with Crippen molar-refractivity contribution in [1.82, 2.24) is 4.98 Å². The summed E-state index contributed by atoms with van der Waals surface area (Å²) in [6.07, 6.45) is 1.45. The highest BCUT2D eigenvalue weighted by Gasteiger charge is 2.24. The van der Waals surface area contributed by atoms with E-state index in [-0.39, 0.29) is 6.09 Å². The molecule has 1 aromatic heterocycles. The molecule has 2 heterocycles. The van der Waals surface area contributed by atoms with Crippen molar-refractivity contribution in [3.8, 4) is 5.88 Å². The van der Waals surface area contributed by atoms with Crippen LogP contribution in [0.25, 0.3) is 0 Å². The van der Waals surface area contributed by atoms with E-state index in [0.717, 1.165) is 24.2 Å². The number of ether oxygens (including phenoxy) is 2. The Morgan fingerprint density at radius 3 is 3.06 bits per heavy atom. The molecule has 0 atom stereocenters. The third-order valence-electron chi connectivity index (χ3n) is 2.71. The van der Waals surface area contributed by atoms with Crippen molar-refractivity contribution in [2.45, 2.75) is 19.8 Å². The van der Waals surface area contributed by atoms with E-state index >= 15 is 0 Å². The summed E-state index contributed by atoms with van der Waals surface area (Å²) in [7, 11) is 1.58. The minimum Gasteiger partial charge on any atom is -0.481 e. The molecule has 0 unspecified atom stereocenters. The van der Waals surface area contributed by atoms with Gasteiger partial charge >= 0.3 is 6.09 Å². The third-order valence-corrected chi connectivity index (χ3v) is 2.71. The van der Waals surface area contributed by atoms with Gasteiger partial charge in [-0.3, -0.25) is 4.90 Å². The van der Waals surface area contributed by atoms with Crippen LogP contribution in [0.15, 0.2) is 12.1 Å². The summed E-state index contributed by atoms with van der Waals surface area (Å²) in [6.45, 7) is 2.86. The summed E-state index contributed by atoms with van der Waals surface area (Å²) < 4.78 is 10.1. The predicted octanol–water partition coefficient (Wildman–Crippen LogP) is 2.00. The molecule has 1 aromatic rings. The molecule has 2 rings (SSSR count). The van der Waals surface area contributed by atoms with Crippen LogP contribution in [0.4, 0.5) is 10.5 Å². The first-order valence-electron chi connectivity index (χ1n) is 5.74. The van der Waals surface area contributed by atoms with E-state index in [9.17, 15) is 4.79 Å². The average molecular weight is 236 g/mol. The van der Waals surface area contributed by atoms with Gasteiger partial charge in [-0.05, 0) is 25.8 Å². The Hall–Kier alpha value is -1.78. The molecule has 5 heteroatoms. The van der Waals surface area contributed by atoms with Gasteiger partial charge in [0, 0.05) is 12.6 Å². The Kier molecular flexibility index (Phi) is 3.46. The van der Waals surface area contributed by atoms with Gasteiger partial charge in [-0.1, -0.05) is 0 Å². The lowest BCUT2D eigenvalue weighted by atomic mass is 10.1. The molecule has 0 N–H and O–H groups in total. The molecule has 0 saturated heterocycles. The minimum atomic E-state index is -0.305. The van der Waals surface area contributed by atoms with Crippen molar-refractivity contribution in [2.24, 2.45) is 0 Å². The Balaban J connectivity index is 2.28. The van der Waals surface area contributed by atoms with Gasteiger partial charge in [-0.15, -0.1) is 0 Å². The van der Waals surface area contributed by atoms with Gasteiger partial charge in [0.15, 0.2) is 0 Å². The molecule has 0 fully saturated rings. The molecular weight excluding hydrogens is 220 g/mol. The van der Waals surface area contributed by atoms with Crippen molar-refractivity contribution in [1.29, 1.82) is 0 Å². The van der Waals surface area contributed by atoms with E-state index in [0.29, 0.717) is 19.0 Å². The average Bonchev–Trinajstić information content (AvgIpc) is 2.37. The quantitative estimate of drug-likeness (QED) is 0.788. The van der Waals surface area contributed by atoms with Crippen molar-refractivity contribution >= 4 is 11.8 Å². The number of aromatic nitrogens is 1. The van der Waals surface area contributed by atoms with Crippen molar-refractivity contribution < 1.29 is 14.3 Å². The second-order valence-electron chi connectivity index (χ2n) is 3.77. The number of hydrogen-bond acceptors (Lipinski definition) is 4. The summed E-state index contributed by atoms with van der Waals surface area (Å²) in [5.74, 6) is 0.578. The Morgan fingerprint density at radius 1 is 1.53 bits per heavy atom. The predicted molar refractivity (Wildman–Crippen MR) is 63.5 cm³/mol. The second-order valence-corrected chi connectivity index (χ2v) is 3.77. The zero-order chi connectivity index (χ0) is 12.3. The van der Waals surface area contributed by atoms with E-state index in [4.69, 9.17) is 9.47 Å². The summed E-state index contributed by atoms with van der Waals surface area (Å²) in [5, 5.41) is 0. The van der Waals surface area contributed by atoms with E-state index in [1.54, 1.807) is 25.0 Å². The number of methoxy groups -OCH3 is 1. The van der Waals surface area contributed by atoms with Crippen molar-refractivity contribution in [3.05, 3.63) is 17.8 Å². The number of carbonyl (C=O) groups is 1. The van der Waals surface area contributed by atoms with Crippen molar-refractivity contribution in [3.63, 3.8) is 0 Å². The number of rotatable bonds is 2. The van der Waals surface area contributed by atoms with Crippen LogP contribution in [0.5, 0.6) is 5.88 Å². The zero-order valence-corrected chi connectivity index (χ0v) is 10.1. The maximum atomic E-state index is 11.8. The molecule has 1 amide bonds. The van der Waals surface area contributed by atoms with E-state index in [2.05, 4.69) is 4.98 Å². The van der Waals surface area contributed by atoms with E-state index in [1.807, 2.05) is 6.07 Å². The number of aryl methyl sites for hydroxylation is 1. The molecule has 0 aromatic carbocycles. The molecule has 5 nitrogen and oxygen atoms in total. The molecule has 0 saturated carbocycles. The zero-order valence-electron chi connectivity index (χ0n) is 10.1. The Bertz CT molecular complexity index is 420. The van der Waals surface area contributed by atoms with Crippen LogP contribution < -0.4 is 9.64 Å². The largest absolute Gasteiger partial charge is 0.481 e. The van der Waals surface area contributed by atoms with Gasteiger partial charge in [0.2, 0.25) is 5.88 Å². The van der Waals surface area contributed by atoms with Crippen LogP contribution in [0, 0.1) is 0 Å². The smallest absolute Gasteiger partial charge is 0.414 e. The van der Waals surface area contributed by atoms with Crippen LogP contribution in [0.3, 0.4) is 0 Å². The first-order valence-corrected chi connectivity index (χ1v) is 5.74. The summed E-state index contributed by atoms with van der Waals surface area (Å²) in [4.78, 5) is 17.7. The number of pyridine rings is 1. The van der Waals surface area contributed by atoms with Crippen molar-refractivity contribution in [2.75, 3.05) is 25.2 Å². The highest BCUT2D eigenvalue weighted by atomic mass is 16.6. The first kappa shape index (κ1) is 11.7. The van der Waals surface area contributed by atoms with E-state index in [1.165, 1.54) is 0 Å². The first-order chi connectivity index (χ1) is 8.26. The SMILES string of the molecule is CCOC(=O)N1CCCc2nc(OC)ccc21. The summed E-state index contributed by atoms with van der Waals surface area (Å²) in [6, 6.07) is 3.62. The van der Waals surface area contributed by atoms with Gasteiger partial charge in [0.05, 0.1) is 25.1 Å². The van der Waals surface area contributed by atoms with Gasteiger partial charge in [-0.25, -0.2) is 9.78 Å². The number of carbonyl (C=O) groups excluding carboxylic acids is 1. The van der Waals surface area contributed by atoms with Crippen LogP contribution in [0.2, 0.25) is 0 Å². The lowest BCUT2D eigenvalue weighted by Crippen LogP contribution is -2.36. The molecule has 1 aliphatic heterocycles. The maximum Gasteiger partial charge on any atom is 0.414 e. The van der Waals surface area contributed by atoms with Crippen LogP contribution in [0.1, 0.15) is 19.0 Å². The Morgan fingerprint density at radius 2 is 2.35 bits per heavy atom. The topological polar surface area (TPSA) is 51.7 Å². The molecule has 92 valence electrons. The molecular formula is C12H16N2O3. The molecule has 0 spiro atoms. The third kappa shape index (κ3) is 2.33. The van der Waals surface area contributed by atoms with Gasteiger partial charge in [0.25, 0.3) is 0 Å². The normalized spacial score (nSPS) is 14.1. The lowest BCUT2D eigenvalue weighted by Gasteiger charge is -2.27. The van der Waals surface area contributed by atoms with Gasteiger partial charge in [-0.2, -0.15) is 0 Å². The monoisotopic (exact) mass is 236 g/mol. The molecule has 0 bridgehead atoms. The summed E-state index contributed by atoms with van der Waals surface area (Å²) in [5.41, 5.74) is 1.72. The van der Waals surface area contributed by atoms with Crippen LogP contribution in [-0.4, -0.2) is 31.3 Å².